The van der Waals surface area contributed by atoms with E-state index in [9.17, 15) is 34.8 Å². The molecule has 5 nitrogen and oxygen atoms in total. The molecule has 0 amide bonds. The number of alkyl halides is 6. The topological polar surface area (TPSA) is 64.0 Å². The Morgan fingerprint density at radius 2 is 1.39 bits per heavy atom. The first kappa shape index (κ1) is 22.7. The lowest BCUT2D eigenvalue weighted by Gasteiger charge is -2.15. The molecule has 12 heteroatoms. The van der Waals surface area contributed by atoms with Gasteiger partial charge in [0.15, 0.2) is 0 Å². The smallest absolute Gasteiger partial charge is 0.279 e. The molecule has 3 rings (SSSR count). The second kappa shape index (κ2) is 7.59. The van der Waals surface area contributed by atoms with Crippen LogP contribution in [-0.2, 0) is 22.4 Å². The standard InChI is InChI=1S/C19H15F6N3O2S/c1-11-17(12(2)28(26-11)16-6-4-3-5-7-16)31(29,30)27-15-9-13(18(20,21)22)8-14(10-15)19(23,24)25/h3-10,27H,1-2H3. The number of para-hydroxylation sites is 1. The van der Waals surface area contributed by atoms with Crippen LogP contribution in [0.2, 0.25) is 0 Å². The van der Waals surface area contributed by atoms with E-state index in [0.29, 0.717) is 17.8 Å². The van der Waals surface area contributed by atoms with E-state index in [1.54, 1.807) is 30.3 Å². The lowest BCUT2D eigenvalue weighted by atomic mass is 10.1. The van der Waals surface area contributed by atoms with Gasteiger partial charge in [0.2, 0.25) is 0 Å². The molecule has 166 valence electrons. The van der Waals surface area contributed by atoms with E-state index < -0.39 is 39.2 Å². The number of halogens is 6. The summed E-state index contributed by atoms with van der Waals surface area (Å²) in [6.07, 6.45) is -10.2. The van der Waals surface area contributed by atoms with Crippen molar-refractivity contribution in [1.82, 2.24) is 9.78 Å². The molecule has 0 fully saturated rings. The highest BCUT2D eigenvalue weighted by molar-refractivity contribution is 7.92. The molecule has 0 radical (unpaired) electrons. The lowest BCUT2D eigenvalue weighted by Crippen LogP contribution is -2.17. The molecule has 0 unspecified atom stereocenters. The van der Waals surface area contributed by atoms with Crippen molar-refractivity contribution in [3.05, 3.63) is 71.0 Å². The number of aryl methyl sites for hydroxylation is 1. The molecule has 31 heavy (non-hydrogen) atoms. The number of rotatable bonds is 4. The molecular formula is C19H15F6N3O2S. The third kappa shape index (κ3) is 4.68. The minimum absolute atomic E-state index is 0.0249. The van der Waals surface area contributed by atoms with Crippen molar-refractivity contribution < 1.29 is 34.8 Å². The summed E-state index contributed by atoms with van der Waals surface area (Å²) in [5.74, 6) is 0. The molecule has 1 N–H and O–H groups in total. The Hall–Kier alpha value is -3.02. The first-order valence-corrected chi connectivity index (χ1v) is 10.1. The van der Waals surface area contributed by atoms with Gasteiger partial charge in [-0.05, 0) is 44.2 Å². The quantitative estimate of drug-likeness (QED) is 0.532. The second-order valence-electron chi connectivity index (χ2n) is 6.65. The first-order valence-electron chi connectivity index (χ1n) is 8.64. The molecule has 0 saturated carbocycles. The third-order valence-electron chi connectivity index (χ3n) is 4.33. The number of aromatic nitrogens is 2. The van der Waals surface area contributed by atoms with Crippen molar-refractivity contribution in [1.29, 1.82) is 0 Å². The molecule has 2 aromatic carbocycles. The summed E-state index contributed by atoms with van der Waals surface area (Å²) in [4.78, 5) is -0.345. The third-order valence-corrected chi connectivity index (χ3v) is 5.97. The number of hydrogen-bond donors (Lipinski definition) is 1. The molecule has 0 aliphatic rings. The number of benzene rings is 2. The van der Waals surface area contributed by atoms with E-state index in [0.717, 1.165) is 0 Å². The van der Waals surface area contributed by atoms with Gasteiger partial charge in [0.05, 0.1) is 33.9 Å². The van der Waals surface area contributed by atoms with Gasteiger partial charge in [-0.2, -0.15) is 31.4 Å². The fraction of sp³-hybridized carbons (Fsp3) is 0.211. The summed E-state index contributed by atoms with van der Waals surface area (Å²) in [5.41, 5.74) is -3.44. The minimum Gasteiger partial charge on any atom is -0.279 e. The lowest BCUT2D eigenvalue weighted by molar-refractivity contribution is -0.143. The Labute approximate surface area is 173 Å². The van der Waals surface area contributed by atoms with Gasteiger partial charge < -0.3 is 0 Å². The first-order chi connectivity index (χ1) is 14.2. The predicted octanol–water partition coefficient (Wildman–Crippen LogP) is 5.33. The van der Waals surface area contributed by atoms with Gasteiger partial charge in [0.25, 0.3) is 10.0 Å². The van der Waals surface area contributed by atoms with Crippen molar-refractivity contribution >= 4 is 15.7 Å². The van der Waals surface area contributed by atoms with Crippen LogP contribution < -0.4 is 4.72 Å². The molecule has 0 atom stereocenters. The highest BCUT2D eigenvalue weighted by Crippen LogP contribution is 2.38. The van der Waals surface area contributed by atoms with Crippen molar-refractivity contribution in [2.45, 2.75) is 31.1 Å². The van der Waals surface area contributed by atoms with Crippen LogP contribution in [0.1, 0.15) is 22.5 Å². The van der Waals surface area contributed by atoms with Gasteiger partial charge in [0.1, 0.15) is 4.90 Å². The van der Waals surface area contributed by atoms with E-state index in [1.165, 1.54) is 18.5 Å². The van der Waals surface area contributed by atoms with Crippen LogP contribution >= 0.6 is 0 Å². The predicted molar refractivity (Wildman–Crippen MR) is 100 cm³/mol. The minimum atomic E-state index is -5.11. The van der Waals surface area contributed by atoms with Crippen LogP contribution in [-0.4, -0.2) is 18.2 Å². The fourth-order valence-electron chi connectivity index (χ4n) is 3.06. The van der Waals surface area contributed by atoms with Crippen molar-refractivity contribution in [2.24, 2.45) is 0 Å². The summed E-state index contributed by atoms with van der Waals surface area (Å²) in [7, 11) is -4.55. The zero-order valence-corrected chi connectivity index (χ0v) is 16.8. The molecule has 0 saturated heterocycles. The van der Waals surface area contributed by atoms with E-state index >= 15 is 0 Å². The Morgan fingerprint density at radius 1 is 0.871 bits per heavy atom. The van der Waals surface area contributed by atoms with E-state index in [1.807, 2.05) is 4.72 Å². The van der Waals surface area contributed by atoms with Crippen LogP contribution in [0.3, 0.4) is 0 Å². The molecule has 3 aromatic rings. The average Bonchev–Trinajstić information content (AvgIpc) is 2.95. The summed E-state index contributed by atoms with van der Waals surface area (Å²) in [5, 5.41) is 4.14. The van der Waals surface area contributed by atoms with Crippen molar-refractivity contribution in [3.8, 4) is 5.69 Å². The van der Waals surface area contributed by atoms with Crippen molar-refractivity contribution in [2.75, 3.05) is 4.72 Å². The SMILES string of the molecule is Cc1nn(-c2ccccc2)c(C)c1S(=O)(=O)Nc1cc(C(F)(F)F)cc(C(F)(F)F)c1. The van der Waals surface area contributed by atoms with Crippen LogP contribution in [0, 0.1) is 13.8 Å². The van der Waals surface area contributed by atoms with E-state index in [4.69, 9.17) is 0 Å². The maximum atomic E-state index is 13.1. The molecule has 0 aliphatic carbocycles. The van der Waals surface area contributed by atoms with Gasteiger partial charge in [-0.1, -0.05) is 18.2 Å². The summed E-state index contributed by atoms with van der Waals surface area (Å²) in [6.45, 7) is 2.79. The number of nitrogens with one attached hydrogen (secondary N) is 1. The summed E-state index contributed by atoms with van der Waals surface area (Å²) < 4.78 is 107. The molecule has 0 spiro atoms. The summed E-state index contributed by atoms with van der Waals surface area (Å²) >= 11 is 0. The highest BCUT2D eigenvalue weighted by Gasteiger charge is 2.37. The van der Waals surface area contributed by atoms with Crippen LogP contribution in [0.5, 0.6) is 0 Å². The molecule has 1 aromatic heterocycles. The van der Waals surface area contributed by atoms with E-state index in [2.05, 4.69) is 5.10 Å². The Bertz CT molecular complexity index is 1180. The number of anilines is 1. The second-order valence-corrected chi connectivity index (χ2v) is 8.27. The van der Waals surface area contributed by atoms with E-state index in [-0.39, 0.29) is 22.3 Å². The maximum absolute atomic E-state index is 13.1. The number of hydrogen-bond acceptors (Lipinski definition) is 3. The Kier molecular flexibility index (Phi) is 5.55. The van der Waals surface area contributed by atoms with Gasteiger partial charge in [-0.25, -0.2) is 13.1 Å². The number of sulfonamides is 1. The molecule has 0 bridgehead atoms. The summed E-state index contributed by atoms with van der Waals surface area (Å²) in [6, 6.07) is 8.97. The van der Waals surface area contributed by atoms with Gasteiger partial charge in [-0.3, -0.25) is 4.72 Å². The average molecular weight is 463 g/mol. The molecule has 0 aliphatic heterocycles. The van der Waals surface area contributed by atoms with Crippen LogP contribution in [0.4, 0.5) is 32.0 Å². The van der Waals surface area contributed by atoms with Gasteiger partial charge in [0, 0.05) is 0 Å². The van der Waals surface area contributed by atoms with Gasteiger partial charge in [-0.15, -0.1) is 0 Å². The van der Waals surface area contributed by atoms with Crippen molar-refractivity contribution in [3.63, 3.8) is 0 Å². The monoisotopic (exact) mass is 463 g/mol. The Morgan fingerprint density at radius 3 is 1.87 bits per heavy atom. The highest BCUT2D eigenvalue weighted by atomic mass is 32.2. The molecule has 1 heterocycles. The van der Waals surface area contributed by atoms with Crippen LogP contribution in [0.25, 0.3) is 5.69 Å². The zero-order chi connectivity index (χ0) is 23.2. The maximum Gasteiger partial charge on any atom is 0.416 e. The molecular weight excluding hydrogens is 448 g/mol. The Balaban J connectivity index is 2.09. The number of nitrogens with zero attached hydrogens (tertiary/aromatic N) is 2. The normalized spacial score (nSPS) is 12.8. The largest absolute Gasteiger partial charge is 0.416 e. The van der Waals surface area contributed by atoms with Crippen LogP contribution in [0.15, 0.2) is 53.4 Å². The fourth-order valence-corrected chi connectivity index (χ4v) is 4.49. The zero-order valence-electron chi connectivity index (χ0n) is 16.0. The van der Waals surface area contributed by atoms with Gasteiger partial charge >= 0.3 is 12.4 Å².